The molecule has 0 aromatic rings. The zero-order chi connectivity index (χ0) is 21.5. The van der Waals surface area contributed by atoms with Crippen LogP contribution in [0.5, 0.6) is 0 Å². The molecule has 0 radical (unpaired) electrons. The van der Waals surface area contributed by atoms with Crippen LogP contribution in [0.25, 0.3) is 0 Å². The van der Waals surface area contributed by atoms with Gasteiger partial charge < -0.3 is 28.4 Å². The first kappa shape index (κ1) is 25.6. The lowest BCUT2D eigenvalue weighted by atomic mass is 10.4. The van der Waals surface area contributed by atoms with Crippen LogP contribution in [0.15, 0.2) is 25.3 Å². The van der Waals surface area contributed by atoms with Gasteiger partial charge >= 0.3 is 18.1 Å². The summed E-state index contributed by atoms with van der Waals surface area (Å²) in [6.07, 6.45) is -0.582. The van der Waals surface area contributed by atoms with Gasteiger partial charge in [0, 0.05) is 12.2 Å². The van der Waals surface area contributed by atoms with E-state index in [1.165, 1.54) is 0 Å². The van der Waals surface area contributed by atoms with Crippen molar-refractivity contribution in [1.82, 2.24) is 0 Å². The first-order valence-corrected chi connectivity index (χ1v) is 8.86. The molecule has 4 unspecified atom stereocenters. The van der Waals surface area contributed by atoms with Crippen LogP contribution >= 0.6 is 0 Å². The van der Waals surface area contributed by atoms with Crippen molar-refractivity contribution in [1.29, 1.82) is 0 Å². The van der Waals surface area contributed by atoms with Crippen LogP contribution in [0.3, 0.4) is 0 Å². The van der Waals surface area contributed by atoms with E-state index in [0.717, 1.165) is 12.2 Å². The molecule has 9 heteroatoms. The second kappa shape index (κ2) is 14.6. The van der Waals surface area contributed by atoms with Crippen molar-refractivity contribution in [3.8, 4) is 0 Å². The fraction of sp³-hybridized carbons (Fsp3) is 0.632. The average Bonchev–Trinajstić information content (AvgIpc) is 2.66. The van der Waals surface area contributed by atoms with Crippen LogP contribution in [-0.4, -0.2) is 68.9 Å². The molecule has 0 N–H and O–H groups in total. The molecule has 160 valence electrons. The third kappa shape index (κ3) is 13.8. The highest BCUT2D eigenvalue weighted by molar-refractivity contribution is 5.81. The van der Waals surface area contributed by atoms with E-state index in [1.807, 2.05) is 0 Å². The summed E-state index contributed by atoms with van der Waals surface area (Å²) in [5, 5.41) is 0. The Hall–Kier alpha value is -2.39. The van der Waals surface area contributed by atoms with E-state index in [2.05, 4.69) is 13.2 Å². The summed E-state index contributed by atoms with van der Waals surface area (Å²) < 4.78 is 30.7. The lowest BCUT2D eigenvalue weighted by Crippen LogP contribution is -2.29. The molecule has 0 fully saturated rings. The topological polar surface area (TPSA) is 107 Å². The van der Waals surface area contributed by atoms with Crippen LogP contribution in [0.2, 0.25) is 0 Å². The molecule has 0 amide bonds. The lowest BCUT2D eigenvalue weighted by molar-refractivity contribution is -0.142. The highest BCUT2D eigenvalue weighted by Gasteiger charge is 2.17. The third-order valence-corrected chi connectivity index (χ3v) is 3.08. The molecule has 0 aliphatic carbocycles. The van der Waals surface area contributed by atoms with Gasteiger partial charge in [0.15, 0.2) is 0 Å². The van der Waals surface area contributed by atoms with Crippen molar-refractivity contribution in [3.63, 3.8) is 0 Å². The summed E-state index contributed by atoms with van der Waals surface area (Å²) >= 11 is 0. The van der Waals surface area contributed by atoms with Gasteiger partial charge in [-0.2, -0.15) is 0 Å². The van der Waals surface area contributed by atoms with E-state index >= 15 is 0 Å². The molecular formula is C19H30O9. The summed E-state index contributed by atoms with van der Waals surface area (Å²) in [6, 6.07) is 0. The van der Waals surface area contributed by atoms with Crippen molar-refractivity contribution in [2.75, 3.05) is 26.4 Å². The molecule has 0 aliphatic rings. The smallest absolute Gasteiger partial charge is 0.460 e. The van der Waals surface area contributed by atoms with Gasteiger partial charge in [-0.05, 0) is 27.7 Å². The minimum atomic E-state index is -0.858. The normalized spacial score (nSPS) is 14.7. The Bertz CT molecular complexity index is 474. The molecular weight excluding hydrogens is 372 g/mol. The number of carbonyl (C=O) groups excluding carboxylic acids is 3. The maximum Gasteiger partial charge on any atom is 0.508 e. The fourth-order valence-electron chi connectivity index (χ4n) is 1.64. The van der Waals surface area contributed by atoms with E-state index < -0.39 is 30.3 Å². The van der Waals surface area contributed by atoms with Gasteiger partial charge in [0.05, 0.1) is 25.4 Å². The first-order chi connectivity index (χ1) is 13.2. The minimum absolute atomic E-state index is 0.0662. The summed E-state index contributed by atoms with van der Waals surface area (Å²) in [5.41, 5.74) is 0. The molecule has 0 saturated heterocycles. The molecule has 0 aromatic heterocycles. The number of carbonyl (C=O) groups is 3. The predicted molar refractivity (Wildman–Crippen MR) is 99.6 cm³/mol. The highest BCUT2D eigenvalue weighted by Crippen LogP contribution is 2.04. The van der Waals surface area contributed by atoms with Crippen molar-refractivity contribution in [2.45, 2.75) is 52.1 Å². The van der Waals surface area contributed by atoms with Crippen LogP contribution in [0.1, 0.15) is 27.7 Å². The Morgan fingerprint density at radius 3 is 1.36 bits per heavy atom. The Morgan fingerprint density at radius 2 is 1.04 bits per heavy atom. The largest absolute Gasteiger partial charge is 0.508 e. The minimum Gasteiger partial charge on any atom is -0.460 e. The number of hydrogen-bond acceptors (Lipinski definition) is 9. The number of esters is 2. The SMILES string of the molecule is C=CC(=O)OCC(C)OCC(C)OC(=O)OC(C)COC(C)COC(=O)C=C. The van der Waals surface area contributed by atoms with Gasteiger partial charge in [-0.3, -0.25) is 0 Å². The van der Waals surface area contributed by atoms with Crippen molar-refractivity contribution >= 4 is 18.1 Å². The molecule has 0 rings (SSSR count). The number of ether oxygens (including phenoxy) is 6. The van der Waals surface area contributed by atoms with Crippen molar-refractivity contribution in [3.05, 3.63) is 25.3 Å². The quantitative estimate of drug-likeness (QED) is 0.245. The second-order valence-electron chi connectivity index (χ2n) is 6.06. The molecule has 0 aliphatic heterocycles. The Balaban J connectivity index is 3.95. The number of hydrogen-bond donors (Lipinski definition) is 0. The van der Waals surface area contributed by atoms with E-state index in [1.54, 1.807) is 27.7 Å². The molecule has 4 atom stereocenters. The Labute approximate surface area is 165 Å². The summed E-state index contributed by atoms with van der Waals surface area (Å²) in [4.78, 5) is 33.7. The Morgan fingerprint density at radius 1 is 0.679 bits per heavy atom. The standard InChI is InChI=1S/C19H30O9/c1-7-17(20)25-9-13(3)23-11-15(5)27-19(22)28-16(6)12-24-14(4)10-26-18(21)8-2/h7-8,13-16H,1-2,9-12H2,3-6H3. The fourth-order valence-corrected chi connectivity index (χ4v) is 1.64. The maximum atomic E-state index is 11.7. The van der Waals surface area contributed by atoms with E-state index in [9.17, 15) is 14.4 Å². The number of rotatable bonds is 14. The van der Waals surface area contributed by atoms with Crippen LogP contribution in [-0.2, 0) is 38.0 Å². The molecule has 0 bridgehead atoms. The average molecular weight is 402 g/mol. The van der Waals surface area contributed by atoms with Crippen molar-refractivity contribution in [2.24, 2.45) is 0 Å². The zero-order valence-electron chi connectivity index (χ0n) is 16.9. The molecule has 9 nitrogen and oxygen atoms in total. The van der Waals surface area contributed by atoms with E-state index in [0.29, 0.717) is 0 Å². The Kier molecular flexibility index (Phi) is 13.4. The zero-order valence-corrected chi connectivity index (χ0v) is 16.9. The summed E-state index contributed by atoms with van der Waals surface area (Å²) in [5.74, 6) is -1.07. The van der Waals surface area contributed by atoms with Crippen LogP contribution < -0.4 is 0 Å². The monoisotopic (exact) mass is 402 g/mol. The summed E-state index contributed by atoms with van der Waals surface area (Å²) in [7, 11) is 0. The van der Waals surface area contributed by atoms with E-state index in [4.69, 9.17) is 28.4 Å². The molecule has 0 aromatic carbocycles. The summed E-state index contributed by atoms with van der Waals surface area (Å²) in [6.45, 7) is 13.6. The molecule has 28 heavy (non-hydrogen) atoms. The van der Waals surface area contributed by atoms with Gasteiger partial charge in [-0.1, -0.05) is 13.2 Å². The predicted octanol–water partition coefficient (Wildman–Crippen LogP) is 2.19. The molecule has 0 saturated carbocycles. The van der Waals surface area contributed by atoms with Gasteiger partial charge in [0.2, 0.25) is 0 Å². The highest BCUT2D eigenvalue weighted by atomic mass is 16.7. The van der Waals surface area contributed by atoms with Gasteiger partial charge in [-0.25, -0.2) is 14.4 Å². The first-order valence-electron chi connectivity index (χ1n) is 8.86. The molecule has 0 heterocycles. The maximum absolute atomic E-state index is 11.7. The van der Waals surface area contributed by atoms with Gasteiger partial charge in [0.25, 0.3) is 0 Å². The molecule has 0 spiro atoms. The third-order valence-electron chi connectivity index (χ3n) is 3.08. The lowest BCUT2D eigenvalue weighted by Gasteiger charge is -2.20. The van der Waals surface area contributed by atoms with E-state index in [-0.39, 0.29) is 38.6 Å². The van der Waals surface area contributed by atoms with Crippen LogP contribution in [0, 0.1) is 0 Å². The second-order valence-corrected chi connectivity index (χ2v) is 6.06. The van der Waals surface area contributed by atoms with Gasteiger partial charge in [0.1, 0.15) is 25.4 Å². The van der Waals surface area contributed by atoms with Crippen molar-refractivity contribution < 1.29 is 42.8 Å². The van der Waals surface area contributed by atoms with Crippen LogP contribution in [0.4, 0.5) is 4.79 Å². The van der Waals surface area contributed by atoms with Gasteiger partial charge in [-0.15, -0.1) is 0 Å².